The molecule has 0 aromatic rings. The van der Waals surface area contributed by atoms with Gasteiger partial charge in [-0.15, -0.1) is 0 Å². The SMILES string of the molecule is CCC(N)N1C=CNC1. The minimum Gasteiger partial charge on any atom is -0.372 e. The second kappa shape index (κ2) is 2.73. The second-order valence-electron chi connectivity index (χ2n) is 2.17. The second-order valence-corrected chi connectivity index (χ2v) is 2.17. The minimum atomic E-state index is 0.177. The van der Waals surface area contributed by atoms with Crippen molar-refractivity contribution in [1.29, 1.82) is 0 Å². The molecule has 3 heteroatoms. The van der Waals surface area contributed by atoms with Crippen molar-refractivity contribution in [3.05, 3.63) is 12.4 Å². The van der Waals surface area contributed by atoms with Crippen molar-refractivity contribution in [2.24, 2.45) is 5.73 Å². The number of hydrogen-bond donors (Lipinski definition) is 2. The lowest BCUT2D eigenvalue weighted by Crippen LogP contribution is -2.38. The van der Waals surface area contributed by atoms with E-state index < -0.39 is 0 Å². The van der Waals surface area contributed by atoms with Crippen LogP contribution in [0.1, 0.15) is 13.3 Å². The van der Waals surface area contributed by atoms with Crippen LogP contribution in [-0.4, -0.2) is 17.7 Å². The average Bonchev–Trinajstić information content (AvgIpc) is 2.37. The summed E-state index contributed by atoms with van der Waals surface area (Å²) in [5, 5.41) is 3.05. The molecule has 52 valence electrons. The third-order valence-corrected chi connectivity index (χ3v) is 1.50. The maximum atomic E-state index is 5.71. The van der Waals surface area contributed by atoms with Crippen molar-refractivity contribution in [3.8, 4) is 0 Å². The van der Waals surface area contributed by atoms with E-state index in [0.717, 1.165) is 13.1 Å². The van der Waals surface area contributed by atoms with Gasteiger partial charge in [0.2, 0.25) is 0 Å². The van der Waals surface area contributed by atoms with E-state index in [1.807, 2.05) is 12.4 Å². The maximum absolute atomic E-state index is 5.71. The summed E-state index contributed by atoms with van der Waals surface area (Å²) in [6, 6.07) is 0. The van der Waals surface area contributed by atoms with Crippen molar-refractivity contribution in [3.63, 3.8) is 0 Å². The van der Waals surface area contributed by atoms with Gasteiger partial charge in [0, 0.05) is 12.4 Å². The Bertz CT molecular complexity index is 111. The molecule has 0 saturated carbocycles. The van der Waals surface area contributed by atoms with E-state index in [0.29, 0.717) is 0 Å². The van der Waals surface area contributed by atoms with Gasteiger partial charge in [-0.1, -0.05) is 6.92 Å². The highest BCUT2D eigenvalue weighted by atomic mass is 15.3. The largest absolute Gasteiger partial charge is 0.372 e. The molecule has 9 heavy (non-hydrogen) atoms. The summed E-state index contributed by atoms with van der Waals surface area (Å²) in [4.78, 5) is 2.07. The number of nitrogens with zero attached hydrogens (tertiary/aromatic N) is 1. The van der Waals surface area contributed by atoms with Gasteiger partial charge < -0.3 is 16.0 Å². The zero-order valence-electron chi connectivity index (χ0n) is 5.67. The summed E-state index contributed by atoms with van der Waals surface area (Å²) in [6.07, 6.45) is 5.06. The van der Waals surface area contributed by atoms with Crippen molar-refractivity contribution in [2.45, 2.75) is 19.5 Å². The molecule has 0 saturated heterocycles. The molecule has 0 aliphatic carbocycles. The van der Waals surface area contributed by atoms with Crippen LogP contribution in [0.2, 0.25) is 0 Å². The van der Waals surface area contributed by atoms with E-state index in [4.69, 9.17) is 5.73 Å². The fourth-order valence-electron chi connectivity index (χ4n) is 0.822. The van der Waals surface area contributed by atoms with Crippen molar-refractivity contribution >= 4 is 0 Å². The van der Waals surface area contributed by atoms with E-state index in [9.17, 15) is 0 Å². The molecular weight excluding hydrogens is 114 g/mol. The van der Waals surface area contributed by atoms with Gasteiger partial charge >= 0.3 is 0 Å². The zero-order chi connectivity index (χ0) is 6.69. The first-order valence-electron chi connectivity index (χ1n) is 3.26. The number of hydrogen-bond acceptors (Lipinski definition) is 3. The first kappa shape index (κ1) is 6.42. The van der Waals surface area contributed by atoms with Gasteiger partial charge in [0.1, 0.15) is 0 Å². The van der Waals surface area contributed by atoms with Crippen molar-refractivity contribution in [1.82, 2.24) is 10.2 Å². The molecule has 0 amide bonds. The van der Waals surface area contributed by atoms with E-state index in [1.165, 1.54) is 0 Å². The number of rotatable bonds is 2. The van der Waals surface area contributed by atoms with Gasteiger partial charge in [0.15, 0.2) is 0 Å². The Kier molecular flexibility index (Phi) is 1.95. The van der Waals surface area contributed by atoms with Crippen LogP contribution in [0.4, 0.5) is 0 Å². The summed E-state index contributed by atoms with van der Waals surface area (Å²) in [6.45, 7) is 2.94. The summed E-state index contributed by atoms with van der Waals surface area (Å²) in [5.41, 5.74) is 5.71. The third kappa shape index (κ3) is 1.36. The van der Waals surface area contributed by atoms with Gasteiger partial charge in [-0.25, -0.2) is 0 Å². The highest BCUT2D eigenvalue weighted by molar-refractivity contribution is 4.89. The standard InChI is InChI=1S/C6H13N3/c1-2-6(7)9-4-3-8-5-9/h3-4,6,8H,2,5,7H2,1H3. The van der Waals surface area contributed by atoms with E-state index in [1.54, 1.807) is 0 Å². The molecule has 0 fully saturated rings. The quantitative estimate of drug-likeness (QED) is 0.549. The number of nitrogens with two attached hydrogens (primary N) is 1. The Morgan fingerprint density at radius 2 is 2.67 bits per heavy atom. The summed E-state index contributed by atoms with van der Waals surface area (Å²) in [7, 11) is 0. The summed E-state index contributed by atoms with van der Waals surface area (Å²) >= 11 is 0. The molecule has 1 aliphatic rings. The summed E-state index contributed by atoms with van der Waals surface area (Å²) < 4.78 is 0. The predicted octanol–water partition coefficient (Wildman–Crippen LogP) is 0.0151. The smallest absolute Gasteiger partial charge is 0.0882 e. The van der Waals surface area contributed by atoms with Crippen LogP contribution in [-0.2, 0) is 0 Å². The van der Waals surface area contributed by atoms with Crippen LogP contribution in [0.25, 0.3) is 0 Å². The molecule has 1 unspecified atom stereocenters. The third-order valence-electron chi connectivity index (χ3n) is 1.50. The zero-order valence-corrected chi connectivity index (χ0v) is 5.67. The molecule has 3 N–H and O–H groups in total. The molecular formula is C6H13N3. The van der Waals surface area contributed by atoms with Gasteiger partial charge in [-0.3, -0.25) is 0 Å². The fourth-order valence-corrected chi connectivity index (χ4v) is 0.822. The highest BCUT2D eigenvalue weighted by Crippen LogP contribution is 2.00. The van der Waals surface area contributed by atoms with E-state index >= 15 is 0 Å². The Morgan fingerprint density at radius 3 is 3.11 bits per heavy atom. The first-order chi connectivity index (χ1) is 4.34. The molecule has 0 radical (unpaired) electrons. The molecule has 1 rings (SSSR count). The Balaban J connectivity index is 2.33. The molecule has 3 nitrogen and oxygen atoms in total. The molecule has 0 bridgehead atoms. The van der Waals surface area contributed by atoms with Crippen LogP contribution in [0.15, 0.2) is 12.4 Å². The lowest BCUT2D eigenvalue weighted by atomic mass is 10.4. The van der Waals surface area contributed by atoms with E-state index in [2.05, 4.69) is 17.1 Å². The number of nitrogens with one attached hydrogen (secondary N) is 1. The Labute approximate surface area is 55.5 Å². The van der Waals surface area contributed by atoms with Crippen molar-refractivity contribution < 1.29 is 0 Å². The van der Waals surface area contributed by atoms with Gasteiger partial charge in [0.05, 0.1) is 12.8 Å². The van der Waals surface area contributed by atoms with Crippen LogP contribution >= 0.6 is 0 Å². The lowest BCUT2D eigenvalue weighted by molar-refractivity contribution is 0.286. The van der Waals surface area contributed by atoms with Crippen LogP contribution in [0, 0.1) is 0 Å². The Morgan fingerprint density at radius 1 is 1.89 bits per heavy atom. The summed E-state index contributed by atoms with van der Waals surface area (Å²) in [5.74, 6) is 0. The molecule has 0 aromatic heterocycles. The average molecular weight is 127 g/mol. The van der Waals surface area contributed by atoms with Gasteiger partial charge in [0.25, 0.3) is 0 Å². The fraction of sp³-hybridized carbons (Fsp3) is 0.667. The van der Waals surface area contributed by atoms with E-state index in [-0.39, 0.29) is 6.17 Å². The monoisotopic (exact) mass is 127 g/mol. The predicted molar refractivity (Wildman–Crippen MR) is 37.2 cm³/mol. The highest BCUT2D eigenvalue weighted by Gasteiger charge is 2.08. The molecule has 1 heterocycles. The molecule has 0 spiro atoms. The maximum Gasteiger partial charge on any atom is 0.0882 e. The Hall–Kier alpha value is -0.700. The van der Waals surface area contributed by atoms with Crippen LogP contribution < -0.4 is 11.1 Å². The normalized spacial score (nSPS) is 20.0. The molecule has 0 aromatic carbocycles. The minimum absolute atomic E-state index is 0.177. The topological polar surface area (TPSA) is 41.3 Å². The van der Waals surface area contributed by atoms with Crippen LogP contribution in [0.3, 0.4) is 0 Å². The van der Waals surface area contributed by atoms with Crippen LogP contribution in [0.5, 0.6) is 0 Å². The van der Waals surface area contributed by atoms with Gasteiger partial charge in [-0.05, 0) is 6.42 Å². The van der Waals surface area contributed by atoms with Gasteiger partial charge in [-0.2, -0.15) is 0 Å². The molecule has 1 atom stereocenters. The molecule has 1 aliphatic heterocycles. The first-order valence-corrected chi connectivity index (χ1v) is 3.26. The van der Waals surface area contributed by atoms with Crippen molar-refractivity contribution in [2.75, 3.05) is 6.67 Å². The lowest BCUT2D eigenvalue weighted by Gasteiger charge is -2.21.